The molecule has 0 saturated carbocycles. The molecule has 0 spiro atoms. The first kappa shape index (κ1) is 14.8. The third-order valence-corrected chi connectivity index (χ3v) is 3.74. The van der Waals surface area contributed by atoms with Gasteiger partial charge in [-0.3, -0.25) is 0 Å². The van der Waals surface area contributed by atoms with Crippen molar-refractivity contribution in [3.63, 3.8) is 0 Å². The summed E-state index contributed by atoms with van der Waals surface area (Å²) in [4.78, 5) is 0. The first-order valence-electron chi connectivity index (χ1n) is 7.40. The summed E-state index contributed by atoms with van der Waals surface area (Å²) < 4.78 is 16.0. The van der Waals surface area contributed by atoms with Crippen LogP contribution in [0.1, 0.15) is 11.1 Å². The average molecular weight is 298 g/mol. The van der Waals surface area contributed by atoms with Crippen molar-refractivity contribution < 1.29 is 9.50 Å². The van der Waals surface area contributed by atoms with Crippen molar-refractivity contribution in [2.45, 2.75) is 13.1 Å². The average Bonchev–Trinajstić information content (AvgIpc) is 2.91. The van der Waals surface area contributed by atoms with Gasteiger partial charge in [-0.15, -0.1) is 0 Å². The Balaban J connectivity index is 1.93. The van der Waals surface area contributed by atoms with E-state index in [4.69, 9.17) is 5.11 Å². The Bertz CT molecular complexity index is 752. The first-order valence-corrected chi connectivity index (χ1v) is 7.40. The molecule has 0 aliphatic heterocycles. The highest BCUT2D eigenvalue weighted by Gasteiger charge is 2.09. The second kappa shape index (κ2) is 6.73. The lowest BCUT2D eigenvalue weighted by molar-refractivity contribution is 0.292. The standard InChI is InChI=1S/C18H19FN2O/c19-16-10-15(12-20-7-9-22)17-6-8-21(18(17)11-16)13-14-4-2-1-3-5-14/h1-6,8,10-11,20,22H,7,9,12-13H2. The number of fused-ring (bicyclic) bond motifs is 1. The Morgan fingerprint density at radius 1 is 1.09 bits per heavy atom. The molecule has 0 atom stereocenters. The van der Waals surface area contributed by atoms with Crippen molar-refractivity contribution in [2.24, 2.45) is 0 Å². The Hall–Kier alpha value is -2.17. The Labute approximate surface area is 129 Å². The third kappa shape index (κ3) is 3.18. The second-order valence-electron chi connectivity index (χ2n) is 5.33. The number of rotatable bonds is 6. The van der Waals surface area contributed by atoms with Crippen LogP contribution in [-0.4, -0.2) is 22.8 Å². The summed E-state index contributed by atoms with van der Waals surface area (Å²) in [5, 5.41) is 13.0. The topological polar surface area (TPSA) is 37.2 Å². The molecule has 114 valence electrons. The molecule has 3 nitrogen and oxygen atoms in total. The van der Waals surface area contributed by atoms with Crippen molar-refractivity contribution in [3.05, 3.63) is 71.7 Å². The predicted molar refractivity (Wildman–Crippen MR) is 86.2 cm³/mol. The molecule has 0 saturated heterocycles. The maximum absolute atomic E-state index is 13.9. The fraction of sp³-hybridized carbons (Fsp3) is 0.222. The van der Waals surface area contributed by atoms with E-state index in [9.17, 15) is 4.39 Å². The van der Waals surface area contributed by atoms with E-state index in [0.29, 0.717) is 13.1 Å². The molecule has 4 heteroatoms. The van der Waals surface area contributed by atoms with Crippen LogP contribution in [0.25, 0.3) is 10.9 Å². The Morgan fingerprint density at radius 2 is 1.91 bits per heavy atom. The van der Waals surface area contributed by atoms with Gasteiger partial charge < -0.3 is 15.0 Å². The predicted octanol–water partition coefficient (Wildman–Crippen LogP) is 2.91. The van der Waals surface area contributed by atoms with E-state index in [1.807, 2.05) is 30.5 Å². The van der Waals surface area contributed by atoms with Gasteiger partial charge in [0, 0.05) is 31.2 Å². The van der Waals surface area contributed by atoms with Gasteiger partial charge in [-0.1, -0.05) is 30.3 Å². The highest BCUT2D eigenvalue weighted by atomic mass is 19.1. The quantitative estimate of drug-likeness (QED) is 0.687. The van der Waals surface area contributed by atoms with E-state index >= 15 is 0 Å². The fourth-order valence-corrected chi connectivity index (χ4v) is 2.70. The van der Waals surface area contributed by atoms with Crippen molar-refractivity contribution >= 4 is 10.9 Å². The molecular weight excluding hydrogens is 279 g/mol. The SMILES string of the molecule is OCCNCc1cc(F)cc2c1ccn2Cc1ccccc1. The summed E-state index contributed by atoms with van der Waals surface area (Å²) in [6, 6.07) is 15.3. The summed E-state index contributed by atoms with van der Waals surface area (Å²) >= 11 is 0. The number of nitrogens with one attached hydrogen (secondary N) is 1. The molecule has 3 aromatic rings. The van der Waals surface area contributed by atoms with E-state index in [0.717, 1.165) is 23.0 Å². The second-order valence-corrected chi connectivity index (χ2v) is 5.33. The smallest absolute Gasteiger partial charge is 0.125 e. The van der Waals surface area contributed by atoms with Crippen LogP contribution in [-0.2, 0) is 13.1 Å². The number of hydrogen-bond acceptors (Lipinski definition) is 2. The number of aromatic nitrogens is 1. The zero-order valence-corrected chi connectivity index (χ0v) is 12.3. The first-order chi connectivity index (χ1) is 10.8. The maximum atomic E-state index is 13.9. The van der Waals surface area contributed by atoms with E-state index in [1.54, 1.807) is 12.1 Å². The highest BCUT2D eigenvalue weighted by molar-refractivity contribution is 5.84. The van der Waals surface area contributed by atoms with Crippen LogP contribution in [0.3, 0.4) is 0 Å². The van der Waals surface area contributed by atoms with E-state index in [2.05, 4.69) is 22.0 Å². The fourth-order valence-electron chi connectivity index (χ4n) is 2.70. The molecule has 0 aliphatic rings. The van der Waals surface area contributed by atoms with Crippen LogP contribution in [0.4, 0.5) is 4.39 Å². The van der Waals surface area contributed by atoms with Crippen molar-refractivity contribution in [3.8, 4) is 0 Å². The van der Waals surface area contributed by atoms with Gasteiger partial charge >= 0.3 is 0 Å². The molecule has 0 fully saturated rings. The number of hydrogen-bond donors (Lipinski definition) is 2. The van der Waals surface area contributed by atoms with E-state index in [-0.39, 0.29) is 12.4 Å². The zero-order valence-electron chi connectivity index (χ0n) is 12.3. The monoisotopic (exact) mass is 298 g/mol. The molecule has 0 unspecified atom stereocenters. The van der Waals surface area contributed by atoms with Crippen molar-refractivity contribution in [1.29, 1.82) is 0 Å². The van der Waals surface area contributed by atoms with E-state index in [1.165, 1.54) is 5.56 Å². The third-order valence-electron chi connectivity index (χ3n) is 3.74. The lowest BCUT2D eigenvalue weighted by Crippen LogP contribution is -2.17. The maximum Gasteiger partial charge on any atom is 0.125 e. The number of aliphatic hydroxyl groups is 1. The molecular formula is C18H19FN2O. The van der Waals surface area contributed by atoms with Crippen LogP contribution < -0.4 is 5.32 Å². The molecule has 0 bridgehead atoms. The van der Waals surface area contributed by atoms with E-state index < -0.39 is 0 Å². The van der Waals surface area contributed by atoms with Crippen molar-refractivity contribution in [1.82, 2.24) is 9.88 Å². The van der Waals surface area contributed by atoms with Gasteiger partial charge in [0.25, 0.3) is 0 Å². The van der Waals surface area contributed by atoms with Crippen LogP contribution in [0.15, 0.2) is 54.7 Å². The van der Waals surface area contributed by atoms with Crippen LogP contribution in [0.5, 0.6) is 0 Å². The minimum Gasteiger partial charge on any atom is -0.395 e. The number of benzene rings is 2. The number of aliphatic hydroxyl groups excluding tert-OH is 1. The summed E-state index contributed by atoms with van der Waals surface area (Å²) in [5.74, 6) is -0.235. The molecule has 2 N–H and O–H groups in total. The summed E-state index contributed by atoms with van der Waals surface area (Å²) in [5.41, 5.74) is 2.99. The van der Waals surface area contributed by atoms with Gasteiger partial charge in [0.2, 0.25) is 0 Å². The largest absolute Gasteiger partial charge is 0.395 e. The van der Waals surface area contributed by atoms with Gasteiger partial charge in [0.05, 0.1) is 12.1 Å². The number of halogens is 1. The summed E-state index contributed by atoms with van der Waals surface area (Å²) in [6.45, 7) is 1.84. The van der Waals surface area contributed by atoms with Crippen LogP contribution in [0, 0.1) is 5.82 Å². The highest BCUT2D eigenvalue weighted by Crippen LogP contribution is 2.23. The molecule has 2 aromatic carbocycles. The minimum absolute atomic E-state index is 0.0769. The lowest BCUT2D eigenvalue weighted by Gasteiger charge is -2.09. The molecule has 0 amide bonds. The molecule has 22 heavy (non-hydrogen) atoms. The van der Waals surface area contributed by atoms with Crippen LogP contribution in [0.2, 0.25) is 0 Å². The van der Waals surface area contributed by atoms with Crippen molar-refractivity contribution in [2.75, 3.05) is 13.2 Å². The molecule has 1 heterocycles. The minimum atomic E-state index is -0.235. The van der Waals surface area contributed by atoms with Gasteiger partial charge in [0.1, 0.15) is 5.82 Å². The number of nitrogens with zero attached hydrogens (tertiary/aromatic N) is 1. The summed E-state index contributed by atoms with van der Waals surface area (Å²) in [6.07, 6.45) is 1.99. The molecule has 0 aliphatic carbocycles. The molecule has 1 aromatic heterocycles. The van der Waals surface area contributed by atoms with Gasteiger partial charge in [-0.05, 0) is 29.3 Å². The lowest BCUT2D eigenvalue weighted by atomic mass is 10.1. The van der Waals surface area contributed by atoms with Gasteiger partial charge in [-0.2, -0.15) is 0 Å². The molecule has 0 radical (unpaired) electrons. The van der Waals surface area contributed by atoms with Gasteiger partial charge in [-0.25, -0.2) is 4.39 Å². The summed E-state index contributed by atoms with van der Waals surface area (Å²) in [7, 11) is 0. The zero-order chi connectivity index (χ0) is 15.4. The molecule has 3 rings (SSSR count). The Kier molecular flexibility index (Phi) is 4.51. The Morgan fingerprint density at radius 3 is 2.68 bits per heavy atom. The van der Waals surface area contributed by atoms with Gasteiger partial charge in [0.15, 0.2) is 0 Å². The van der Waals surface area contributed by atoms with Crippen LogP contribution >= 0.6 is 0 Å². The normalized spacial score (nSPS) is 11.2.